The number of hydrogen-bond acceptors (Lipinski definition) is 3. The summed E-state index contributed by atoms with van der Waals surface area (Å²) in [6.07, 6.45) is 9.57. The van der Waals surface area contributed by atoms with E-state index < -0.39 is 0 Å². The van der Waals surface area contributed by atoms with Crippen LogP contribution in [0, 0.1) is 5.92 Å². The quantitative estimate of drug-likeness (QED) is 0.851. The summed E-state index contributed by atoms with van der Waals surface area (Å²) in [6.45, 7) is 0. The minimum atomic E-state index is 0.00625. The van der Waals surface area contributed by atoms with Crippen molar-refractivity contribution in [3.63, 3.8) is 0 Å². The molecule has 0 spiro atoms. The van der Waals surface area contributed by atoms with Gasteiger partial charge in [0.15, 0.2) is 0 Å². The fraction of sp³-hybridized carbons (Fsp3) is 0.643. The van der Waals surface area contributed by atoms with E-state index in [0.29, 0.717) is 0 Å². The summed E-state index contributed by atoms with van der Waals surface area (Å²) >= 11 is 0. The van der Waals surface area contributed by atoms with E-state index in [4.69, 9.17) is 10.5 Å². The molecule has 1 aromatic heterocycles. The molecule has 2 rings (SSSR count). The van der Waals surface area contributed by atoms with Crippen LogP contribution in [0.4, 0.5) is 0 Å². The van der Waals surface area contributed by atoms with Gasteiger partial charge in [0.25, 0.3) is 0 Å². The Morgan fingerprint density at radius 3 is 2.94 bits per heavy atom. The molecule has 94 valence electrons. The molecule has 1 aromatic rings. The Kier molecular flexibility index (Phi) is 4.37. The number of aromatic nitrogens is 1. The summed E-state index contributed by atoms with van der Waals surface area (Å²) < 4.78 is 5.30. The third kappa shape index (κ3) is 3.19. The average Bonchev–Trinajstić information content (AvgIpc) is 2.89. The Morgan fingerprint density at radius 1 is 1.47 bits per heavy atom. The van der Waals surface area contributed by atoms with Crippen LogP contribution in [0.1, 0.15) is 50.3 Å². The standard InChI is InChI=1S/C14H22N2O/c1-17-13-7-4-10-16-14(13)12(15)9-8-11-5-2-3-6-11/h4,7,10-12H,2-3,5-6,8-9,15H2,1H3. The highest BCUT2D eigenvalue weighted by Gasteiger charge is 2.18. The van der Waals surface area contributed by atoms with Gasteiger partial charge in [-0.25, -0.2) is 0 Å². The summed E-state index contributed by atoms with van der Waals surface area (Å²) in [5.41, 5.74) is 7.10. The first kappa shape index (κ1) is 12.4. The van der Waals surface area contributed by atoms with E-state index in [9.17, 15) is 0 Å². The molecule has 1 aliphatic carbocycles. The van der Waals surface area contributed by atoms with Gasteiger partial charge in [0.05, 0.1) is 18.8 Å². The van der Waals surface area contributed by atoms with Crippen LogP contribution >= 0.6 is 0 Å². The smallest absolute Gasteiger partial charge is 0.141 e. The van der Waals surface area contributed by atoms with Crippen molar-refractivity contribution in [2.75, 3.05) is 7.11 Å². The van der Waals surface area contributed by atoms with Gasteiger partial charge in [-0.2, -0.15) is 0 Å². The Labute approximate surface area is 103 Å². The molecular formula is C14H22N2O. The van der Waals surface area contributed by atoms with E-state index in [2.05, 4.69) is 4.98 Å². The maximum Gasteiger partial charge on any atom is 0.141 e. The average molecular weight is 234 g/mol. The van der Waals surface area contributed by atoms with Crippen molar-refractivity contribution in [3.05, 3.63) is 24.0 Å². The van der Waals surface area contributed by atoms with Gasteiger partial charge in [0, 0.05) is 6.20 Å². The highest BCUT2D eigenvalue weighted by Crippen LogP contribution is 2.32. The SMILES string of the molecule is COc1cccnc1C(N)CCC1CCCC1. The van der Waals surface area contributed by atoms with Gasteiger partial charge < -0.3 is 10.5 Å². The number of nitrogens with two attached hydrogens (primary N) is 1. The second-order valence-electron chi connectivity index (χ2n) is 4.93. The second kappa shape index (κ2) is 6.01. The molecule has 0 amide bonds. The van der Waals surface area contributed by atoms with Crippen molar-refractivity contribution >= 4 is 0 Å². The lowest BCUT2D eigenvalue weighted by Gasteiger charge is -2.16. The number of pyridine rings is 1. The molecular weight excluding hydrogens is 212 g/mol. The molecule has 3 nitrogen and oxygen atoms in total. The molecule has 0 bridgehead atoms. The van der Waals surface area contributed by atoms with Crippen LogP contribution in [0.5, 0.6) is 5.75 Å². The molecule has 0 saturated heterocycles. The van der Waals surface area contributed by atoms with Gasteiger partial charge in [-0.05, 0) is 30.9 Å². The van der Waals surface area contributed by atoms with Gasteiger partial charge in [0.2, 0.25) is 0 Å². The third-order valence-electron chi connectivity index (χ3n) is 3.73. The molecule has 1 aliphatic rings. The third-order valence-corrected chi connectivity index (χ3v) is 3.73. The first-order valence-electron chi connectivity index (χ1n) is 6.55. The maximum absolute atomic E-state index is 6.21. The lowest BCUT2D eigenvalue weighted by atomic mass is 9.97. The summed E-state index contributed by atoms with van der Waals surface area (Å²) in [5, 5.41) is 0. The largest absolute Gasteiger partial charge is 0.495 e. The monoisotopic (exact) mass is 234 g/mol. The van der Waals surface area contributed by atoms with Crippen molar-refractivity contribution in [1.29, 1.82) is 0 Å². The van der Waals surface area contributed by atoms with E-state index in [1.54, 1.807) is 13.3 Å². The van der Waals surface area contributed by atoms with Crippen molar-refractivity contribution in [2.24, 2.45) is 11.7 Å². The van der Waals surface area contributed by atoms with Crippen LogP contribution in [0.3, 0.4) is 0 Å². The molecule has 0 radical (unpaired) electrons. The topological polar surface area (TPSA) is 48.1 Å². The number of rotatable bonds is 5. The minimum absolute atomic E-state index is 0.00625. The Morgan fingerprint density at radius 2 is 2.24 bits per heavy atom. The zero-order chi connectivity index (χ0) is 12.1. The molecule has 0 aromatic carbocycles. The van der Waals surface area contributed by atoms with Gasteiger partial charge >= 0.3 is 0 Å². The first-order chi connectivity index (χ1) is 8.31. The van der Waals surface area contributed by atoms with Gasteiger partial charge in [0.1, 0.15) is 5.75 Å². The molecule has 1 unspecified atom stereocenters. The maximum atomic E-state index is 6.21. The lowest BCUT2D eigenvalue weighted by molar-refractivity contribution is 0.393. The van der Waals surface area contributed by atoms with Gasteiger partial charge in [-0.3, -0.25) is 4.98 Å². The zero-order valence-corrected chi connectivity index (χ0v) is 10.6. The lowest BCUT2D eigenvalue weighted by Crippen LogP contribution is -2.14. The Hall–Kier alpha value is -1.09. The molecule has 1 fully saturated rings. The Bertz CT molecular complexity index is 348. The molecule has 1 saturated carbocycles. The van der Waals surface area contributed by atoms with Crippen molar-refractivity contribution in [1.82, 2.24) is 4.98 Å². The van der Waals surface area contributed by atoms with Gasteiger partial charge in [-0.1, -0.05) is 25.7 Å². The minimum Gasteiger partial charge on any atom is -0.495 e. The molecule has 3 heteroatoms. The van der Waals surface area contributed by atoms with Gasteiger partial charge in [-0.15, -0.1) is 0 Å². The highest BCUT2D eigenvalue weighted by atomic mass is 16.5. The number of methoxy groups -OCH3 is 1. The Balaban J connectivity index is 1.91. The molecule has 1 heterocycles. The van der Waals surface area contributed by atoms with E-state index in [0.717, 1.165) is 23.8 Å². The number of hydrogen-bond donors (Lipinski definition) is 1. The van der Waals surface area contributed by atoms with E-state index in [1.165, 1.54) is 32.1 Å². The molecule has 17 heavy (non-hydrogen) atoms. The van der Waals surface area contributed by atoms with Crippen LogP contribution in [-0.2, 0) is 0 Å². The van der Waals surface area contributed by atoms with Crippen LogP contribution < -0.4 is 10.5 Å². The number of nitrogens with zero attached hydrogens (tertiary/aromatic N) is 1. The summed E-state index contributed by atoms with van der Waals surface area (Å²) in [5.74, 6) is 1.70. The normalized spacial score (nSPS) is 18.2. The highest BCUT2D eigenvalue weighted by molar-refractivity contribution is 5.29. The zero-order valence-electron chi connectivity index (χ0n) is 10.6. The van der Waals surface area contributed by atoms with Crippen molar-refractivity contribution < 1.29 is 4.74 Å². The van der Waals surface area contributed by atoms with Crippen LogP contribution in [-0.4, -0.2) is 12.1 Å². The number of ether oxygens (including phenoxy) is 1. The van der Waals surface area contributed by atoms with Crippen molar-refractivity contribution in [3.8, 4) is 5.75 Å². The first-order valence-corrected chi connectivity index (χ1v) is 6.55. The van der Waals surface area contributed by atoms with E-state index in [-0.39, 0.29) is 6.04 Å². The van der Waals surface area contributed by atoms with E-state index in [1.807, 2.05) is 12.1 Å². The van der Waals surface area contributed by atoms with Crippen LogP contribution in [0.25, 0.3) is 0 Å². The molecule has 2 N–H and O–H groups in total. The summed E-state index contributed by atoms with van der Waals surface area (Å²) in [4.78, 5) is 4.34. The molecule has 0 aliphatic heterocycles. The molecule has 1 atom stereocenters. The second-order valence-corrected chi connectivity index (χ2v) is 4.93. The fourth-order valence-electron chi connectivity index (χ4n) is 2.70. The predicted octanol–water partition coefficient (Wildman–Crippen LogP) is 3.06. The van der Waals surface area contributed by atoms with Crippen molar-refractivity contribution in [2.45, 2.75) is 44.6 Å². The van der Waals surface area contributed by atoms with E-state index >= 15 is 0 Å². The predicted molar refractivity (Wildman–Crippen MR) is 68.9 cm³/mol. The van der Waals surface area contributed by atoms with Crippen LogP contribution in [0.2, 0.25) is 0 Å². The summed E-state index contributed by atoms with van der Waals surface area (Å²) in [6, 6.07) is 3.82. The fourth-order valence-corrected chi connectivity index (χ4v) is 2.70. The van der Waals surface area contributed by atoms with Crippen LogP contribution in [0.15, 0.2) is 18.3 Å². The summed E-state index contributed by atoms with van der Waals surface area (Å²) in [7, 11) is 1.67.